The molecule has 0 aliphatic rings. The Labute approximate surface area is 512 Å². The lowest BCUT2D eigenvalue weighted by Gasteiger charge is -2.15. The van der Waals surface area contributed by atoms with Crippen molar-refractivity contribution < 1.29 is 27.0 Å². The summed E-state index contributed by atoms with van der Waals surface area (Å²) in [5.41, 5.74) is 7.66. The second-order valence-corrected chi connectivity index (χ2v) is 26.9. The van der Waals surface area contributed by atoms with Crippen molar-refractivity contribution in [2.45, 2.75) is 183 Å². The standard InChI is InChI=1S/C72H82F4N2O2S4/c1-7-11-15-19-21-23-27-51-45-47(5)81-71(51)59-41-39-57(82-59)55-37-38-56(58-40-42-60(83-58)72-52(28-24-22-20-16-12-8-2)46-61(84-72)62-65(75)63(73)48(6)64(74)66(62)76)70-69(55)77-67(49-29-33-53(34-30-49)79-43-25-17-13-9-3)68(78-70)50-31-35-54(36-32-50)80-44-26-18-14-10-4/h29-42,45-46H,7-28,43-44H2,1-6H3. The number of hydrogen-bond acceptors (Lipinski definition) is 8. The third kappa shape index (κ3) is 15.5. The van der Waals surface area contributed by atoms with E-state index < -0.39 is 34.4 Å². The van der Waals surface area contributed by atoms with Gasteiger partial charge in [0.15, 0.2) is 23.3 Å². The minimum atomic E-state index is -1.37. The first-order valence-electron chi connectivity index (χ1n) is 31.1. The number of aromatic nitrogens is 2. The molecule has 0 saturated heterocycles. The number of aryl methyl sites for hydroxylation is 3. The van der Waals surface area contributed by atoms with E-state index in [1.54, 1.807) is 28.7 Å². The van der Waals surface area contributed by atoms with Crippen LogP contribution in [0.1, 0.15) is 178 Å². The fourth-order valence-corrected chi connectivity index (χ4v) is 15.7. The molecule has 9 aromatic rings. The first-order chi connectivity index (χ1) is 41.0. The van der Waals surface area contributed by atoms with E-state index in [1.807, 2.05) is 35.6 Å². The van der Waals surface area contributed by atoms with E-state index in [9.17, 15) is 0 Å². The van der Waals surface area contributed by atoms with E-state index in [0.29, 0.717) is 19.6 Å². The van der Waals surface area contributed by atoms with E-state index >= 15 is 17.6 Å². The van der Waals surface area contributed by atoms with Crippen molar-refractivity contribution in [3.05, 3.63) is 142 Å². The predicted octanol–water partition coefficient (Wildman–Crippen LogP) is 24.4. The summed E-state index contributed by atoms with van der Waals surface area (Å²) in [6.45, 7) is 13.5. The third-order valence-corrected chi connectivity index (χ3v) is 20.8. The molecule has 0 aliphatic heterocycles. The molecular formula is C72H82F4N2O2S4. The van der Waals surface area contributed by atoms with Crippen molar-refractivity contribution in [1.82, 2.24) is 9.97 Å². The van der Waals surface area contributed by atoms with Gasteiger partial charge in [-0.15, -0.1) is 45.3 Å². The quantitative estimate of drug-likeness (QED) is 0.0234. The normalized spacial score (nSPS) is 11.6. The topological polar surface area (TPSA) is 44.2 Å². The lowest BCUT2D eigenvalue weighted by Crippen LogP contribution is -2.02. The Morgan fingerprint density at radius 1 is 0.381 bits per heavy atom. The fourth-order valence-electron chi connectivity index (χ4n) is 11.1. The molecule has 84 heavy (non-hydrogen) atoms. The largest absolute Gasteiger partial charge is 0.494 e. The molecule has 12 heteroatoms. The van der Waals surface area contributed by atoms with Crippen LogP contribution in [0.4, 0.5) is 17.6 Å². The molecule has 0 aliphatic carbocycles. The van der Waals surface area contributed by atoms with Gasteiger partial charge < -0.3 is 9.47 Å². The number of nitrogens with zero attached hydrogens (tertiary/aromatic N) is 2. The number of unbranched alkanes of at least 4 members (excludes halogenated alkanes) is 16. The number of ether oxygens (including phenoxy) is 2. The summed E-state index contributed by atoms with van der Waals surface area (Å²) in [5.74, 6) is -3.87. The van der Waals surface area contributed by atoms with Crippen LogP contribution in [0, 0.1) is 37.1 Å². The van der Waals surface area contributed by atoms with Crippen molar-refractivity contribution in [1.29, 1.82) is 0 Å². The Balaban J connectivity index is 1.17. The molecular weight excluding hydrogens is 1130 g/mol. The van der Waals surface area contributed by atoms with Crippen LogP contribution in [0.2, 0.25) is 0 Å². The van der Waals surface area contributed by atoms with E-state index in [2.05, 4.69) is 101 Å². The van der Waals surface area contributed by atoms with E-state index in [0.717, 1.165) is 152 Å². The van der Waals surface area contributed by atoms with Crippen molar-refractivity contribution in [2.24, 2.45) is 0 Å². The van der Waals surface area contributed by atoms with Crippen molar-refractivity contribution in [3.63, 3.8) is 0 Å². The summed E-state index contributed by atoms with van der Waals surface area (Å²) >= 11 is 6.43. The number of hydrogen-bond donors (Lipinski definition) is 0. The van der Waals surface area contributed by atoms with Crippen LogP contribution in [0.25, 0.3) is 84.4 Å². The van der Waals surface area contributed by atoms with Crippen LogP contribution >= 0.6 is 45.3 Å². The van der Waals surface area contributed by atoms with Gasteiger partial charge in [0, 0.05) is 66.8 Å². The average Bonchev–Trinajstić information content (AvgIpc) is 3.84. The van der Waals surface area contributed by atoms with Crippen LogP contribution in [-0.4, -0.2) is 23.2 Å². The molecule has 0 amide bonds. The molecule has 0 spiro atoms. The highest BCUT2D eigenvalue weighted by molar-refractivity contribution is 7.25. The Hall–Kier alpha value is -5.66. The summed E-state index contributed by atoms with van der Waals surface area (Å²) in [6, 6.07) is 33.6. The van der Waals surface area contributed by atoms with E-state index in [4.69, 9.17) is 19.4 Å². The highest BCUT2D eigenvalue weighted by Gasteiger charge is 2.28. The molecule has 0 fully saturated rings. The van der Waals surface area contributed by atoms with Gasteiger partial charge in [-0.1, -0.05) is 143 Å². The molecule has 4 aromatic carbocycles. The van der Waals surface area contributed by atoms with Gasteiger partial charge in [-0.05, 0) is 148 Å². The Morgan fingerprint density at radius 2 is 0.774 bits per heavy atom. The van der Waals surface area contributed by atoms with Gasteiger partial charge in [-0.2, -0.15) is 0 Å². The first kappa shape index (κ1) is 62.9. The fraction of sp³-hybridized carbons (Fsp3) is 0.417. The van der Waals surface area contributed by atoms with Crippen molar-refractivity contribution in [2.75, 3.05) is 13.2 Å². The molecule has 0 unspecified atom stereocenters. The molecule has 4 nitrogen and oxygen atoms in total. The van der Waals surface area contributed by atoms with Crippen molar-refractivity contribution in [3.8, 4) is 84.8 Å². The van der Waals surface area contributed by atoms with Crippen LogP contribution in [0.15, 0.2) is 97.1 Å². The maximum atomic E-state index is 15.8. The van der Waals surface area contributed by atoms with Gasteiger partial charge >= 0.3 is 0 Å². The molecule has 0 atom stereocenters. The summed E-state index contributed by atoms with van der Waals surface area (Å²) in [7, 11) is 0. The van der Waals surface area contributed by atoms with E-state index in [1.165, 1.54) is 102 Å². The van der Waals surface area contributed by atoms with Crippen LogP contribution in [0.3, 0.4) is 0 Å². The molecule has 5 aromatic heterocycles. The zero-order valence-electron chi connectivity index (χ0n) is 50.1. The van der Waals surface area contributed by atoms with Gasteiger partial charge in [0.25, 0.3) is 0 Å². The van der Waals surface area contributed by atoms with Crippen molar-refractivity contribution >= 4 is 56.4 Å². The number of benzene rings is 4. The zero-order chi connectivity index (χ0) is 59.0. The summed E-state index contributed by atoms with van der Waals surface area (Å²) in [4.78, 5) is 19.3. The van der Waals surface area contributed by atoms with Crippen LogP contribution < -0.4 is 9.47 Å². The minimum Gasteiger partial charge on any atom is -0.494 e. The maximum absolute atomic E-state index is 15.8. The molecule has 5 heterocycles. The first-order valence-corrected chi connectivity index (χ1v) is 34.3. The van der Waals surface area contributed by atoms with Crippen LogP contribution in [-0.2, 0) is 12.8 Å². The predicted molar refractivity (Wildman–Crippen MR) is 352 cm³/mol. The zero-order valence-corrected chi connectivity index (χ0v) is 53.3. The van der Waals surface area contributed by atoms with Crippen LogP contribution in [0.5, 0.6) is 11.5 Å². The number of rotatable bonds is 33. The van der Waals surface area contributed by atoms with Gasteiger partial charge in [-0.3, -0.25) is 0 Å². The summed E-state index contributed by atoms with van der Waals surface area (Å²) in [6.07, 6.45) is 24.7. The minimum absolute atomic E-state index is 0.161. The molecule has 9 rings (SSSR count). The van der Waals surface area contributed by atoms with Gasteiger partial charge in [0.1, 0.15) is 11.5 Å². The smallest absolute Gasteiger partial charge is 0.170 e. The number of halogens is 4. The Kier molecular flexibility index (Phi) is 23.3. The highest BCUT2D eigenvalue weighted by atomic mass is 32.1. The highest BCUT2D eigenvalue weighted by Crippen LogP contribution is 2.49. The van der Waals surface area contributed by atoms with E-state index in [-0.39, 0.29) is 4.88 Å². The molecule has 0 radical (unpaired) electrons. The molecule has 0 saturated carbocycles. The maximum Gasteiger partial charge on any atom is 0.170 e. The number of thiophene rings is 4. The average molecular weight is 1210 g/mol. The number of fused-ring (bicyclic) bond motifs is 1. The second-order valence-electron chi connectivity index (χ2n) is 22.4. The molecule has 0 bridgehead atoms. The monoisotopic (exact) mass is 1210 g/mol. The Bertz CT molecular complexity index is 3530. The van der Waals surface area contributed by atoms with Gasteiger partial charge in [-0.25, -0.2) is 27.5 Å². The van der Waals surface area contributed by atoms with Gasteiger partial charge in [0.05, 0.1) is 41.2 Å². The van der Waals surface area contributed by atoms with Gasteiger partial charge in [0.2, 0.25) is 0 Å². The lowest BCUT2D eigenvalue weighted by molar-refractivity contribution is 0.305. The third-order valence-electron chi connectivity index (χ3n) is 15.9. The summed E-state index contributed by atoms with van der Waals surface area (Å²) in [5, 5.41) is 0. The molecule has 444 valence electrons. The lowest BCUT2D eigenvalue weighted by atomic mass is 10.0. The summed E-state index contributed by atoms with van der Waals surface area (Å²) < 4.78 is 74.4. The second kappa shape index (κ2) is 31.1. The SMILES string of the molecule is CCCCCCCCc1cc(C)sc1-c1ccc(-c2ccc(-c3ccc(-c4sc(-c5c(F)c(F)c(C)c(F)c5F)cc4CCCCCCCC)s3)c3nc(-c4ccc(OCCCCCC)cc4)c(-c4ccc(OCCCCCC)cc4)nc23)s1. The molecule has 0 N–H and O–H groups in total. The Morgan fingerprint density at radius 3 is 1.23 bits per heavy atom.